The largest absolute Gasteiger partial charge is 0.342 e. The number of halogens is 2. The molecule has 0 spiro atoms. The molecule has 0 radical (unpaired) electrons. The number of carbonyl (C=O) groups is 1. The molecule has 1 amide bonds. The second-order valence-electron chi connectivity index (χ2n) is 6.03. The predicted molar refractivity (Wildman–Crippen MR) is 82.0 cm³/mol. The molecule has 1 aromatic heterocycles. The molecule has 1 N–H and O–H groups in total. The predicted octanol–water partition coefficient (Wildman–Crippen LogP) is 3.30. The Morgan fingerprint density at radius 2 is 2.13 bits per heavy atom. The standard InChI is InChI=1S/C17H19F2N3O/c1-3-8-22-11(2)13(10-20-22)16(23)21-17(6-7-17)14-9-12(18)4-5-15(14)19/h4-5,9-10H,3,6-8H2,1-2H3,(H,21,23). The minimum atomic E-state index is -0.803. The van der Waals surface area contributed by atoms with Crippen LogP contribution in [0, 0.1) is 18.6 Å². The first-order valence-corrected chi connectivity index (χ1v) is 7.77. The van der Waals surface area contributed by atoms with Gasteiger partial charge in [-0.1, -0.05) is 6.92 Å². The zero-order valence-corrected chi connectivity index (χ0v) is 13.2. The van der Waals surface area contributed by atoms with Gasteiger partial charge in [0.25, 0.3) is 5.91 Å². The van der Waals surface area contributed by atoms with E-state index in [0.717, 1.165) is 36.9 Å². The van der Waals surface area contributed by atoms with E-state index in [-0.39, 0.29) is 11.5 Å². The molecular formula is C17H19F2N3O. The highest BCUT2D eigenvalue weighted by Crippen LogP contribution is 2.46. The average Bonchev–Trinajstić information content (AvgIpc) is 3.20. The second-order valence-corrected chi connectivity index (χ2v) is 6.03. The van der Waals surface area contributed by atoms with Crippen molar-refractivity contribution in [2.45, 2.75) is 45.2 Å². The number of rotatable bonds is 5. The zero-order chi connectivity index (χ0) is 16.6. The smallest absolute Gasteiger partial charge is 0.255 e. The van der Waals surface area contributed by atoms with E-state index in [4.69, 9.17) is 0 Å². The lowest BCUT2D eigenvalue weighted by Gasteiger charge is -2.18. The number of nitrogens with zero attached hydrogens (tertiary/aromatic N) is 2. The lowest BCUT2D eigenvalue weighted by Crippen LogP contribution is -2.35. The highest BCUT2D eigenvalue weighted by molar-refractivity contribution is 5.95. The highest BCUT2D eigenvalue weighted by Gasteiger charge is 2.48. The van der Waals surface area contributed by atoms with Crippen LogP contribution in [-0.4, -0.2) is 15.7 Å². The molecule has 0 unspecified atom stereocenters. The molecule has 1 saturated carbocycles. The van der Waals surface area contributed by atoms with Gasteiger partial charge in [0, 0.05) is 17.8 Å². The summed E-state index contributed by atoms with van der Waals surface area (Å²) in [4.78, 5) is 12.5. The maximum absolute atomic E-state index is 14.0. The van der Waals surface area contributed by atoms with Crippen molar-refractivity contribution in [3.63, 3.8) is 0 Å². The van der Waals surface area contributed by atoms with Crippen molar-refractivity contribution < 1.29 is 13.6 Å². The molecule has 0 aliphatic heterocycles. The van der Waals surface area contributed by atoms with E-state index >= 15 is 0 Å². The van der Waals surface area contributed by atoms with Crippen LogP contribution in [0.4, 0.5) is 8.78 Å². The highest BCUT2D eigenvalue weighted by atomic mass is 19.1. The van der Waals surface area contributed by atoms with Crippen LogP contribution >= 0.6 is 0 Å². The summed E-state index contributed by atoms with van der Waals surface area (Å²) in [5.74, 6) is -1.30. The Morgan fingerprint density at radius 3 is 2.78 bits per heavy atom. The Kier molecular flexibility index (Phi) is 3.92. The zero-order valence-electron chi connectivity index (χ0n) is 13.2. The monoisotopic (exact) mass is 319 g/mol. The molecule has 1 aliphatic rings. The van der Waals surface area contributed by atoms with Gasteiger partial charge in [0.1, 0.15) is 11.6 Å². The summed E-state index contributed by atoms with van der Waals surface area (Å²) >= 11 is 0. The van der Waals surface area contributed by atoms with Crippen molar-refractivity contribution in [3.8, 4) is 0 Å². The number of aryl methyl sites for hydroxylation is 1. The van der Waals surface area contributed by atoms with E-state index < -0.39 is 17.2 Å². The van der Waals surface area contributed by atoms with Crippen molar-refractivity contribution in [1.82, 2.24) is 15.1 Å². The molecule has 23 heavy (non-hydrogen) atoms. The van der Waals surface area contributed by atoms with Crippen LogP contribution in [0.3, 0.4) is 0 Å². The molecule has 2 aromatic rings. The summed E-state index contributed by atoms with van der Waals surface area (Å²) in [5.41, 5.74) is 0.661. The van der Waals surface area contributed by atoms with Gasteiger partial charge >= 0.3 is 0 Å². The van der Waals surface area contributed by atoms with Crippen LogP contribution in [0.15, 0.2) is 24.4 Å². The van der Waals surface area contributed by atoms with Crippen LogP contribution in [-0.2, 0) is 12.1 Å². The maximum atomic E-state index is 14.0. The molecule has 1 heterocycles. The van der Waals surface area contributed by atoms with Crippen LogP contribution < -0.4 is 5.32 Å². The molecule has 1 fully saturated rings. The summed E-state index contributed by atoms with van der Waals surface area (Å²) in [6, 6.07) is 3.34. The molecule has 0 saturated heterocycles. The third-order valence-corrected chi connectivity index (χ3v) is 4.33. The van der Waals surface area contributed by atoms with Crippen LogP contribution in [0.5, 0.6) is 0 Å². The van der Waals surface area contributed by atoms with Crippen molar-refractivity contribution in [2.24, 2.45) is 0 Å². The molecule has 1 aromatic carbocycles. The van der Waals surface area contributed by atoms with Gasteiger partial charge in [-0.05, 0) is 44.4 Å². The Hall–Kier alpha value is -2.24. The number of aromatic nitrogens is 2. The Balaban J connectivity index is 1.84. The number of carbonyl (C=O) groups excluding carboxylic acids is 1. The summed E-state index contributed by atoms with van der Waals surface area (Å²) in [6.07, 6.45) is 3.64. The van der Waals surface area contributed by atoms with Gasteiger partial charge in [-0.25, -0.2) is 8.78 Å². The molecule has 0 atom stereocenters. The van der Waals surface area contributed by atoms with Crippen LogP contribution in [0.1, 0.15) is 47.8 Å². The third-order valence-electron chi connectivity index (χ3n) is 4.33. The molecule has 6 heteroatoms. The van der Waals surface area contributed by atoms with E-state index in [1.54, 1.807) is 4.68 Å². The summed E-state index contributed by atoms with van der Waals surface area (Å²) < 4.78 is 29.2. The van der Waals surface area contributed by atoms with Gasteiger partial charge < -0.3 is 5.32 Å². The van der Waals surface area contributed by atoms with E-state index in [2.05, 4.69) is 10.4 Å². The topological polar surface area (TPSA) is 46.9 Å². The fourth-order valence-corrected chi connectivity index (χ4v) is 2.84. The quantitative estimate of drug-likeness (QED) is 0.919. The fraction of sp³-hybridized carbons (Fsp3) is 0.412. The summed E-state index contributed by atoms with van der Waals surface area (Å²) in [6.45, 7) is 4.61. The second kappa shape index (κ2) is 5.76. The summed E-state index contributed by atoms with van der Waals surface area (Å²) in [7, 11) is 0. The Morgan fingerprint density at radius 1 is 1.39 bits per heavy atom. The molecule has 3 rings (SSSR count). The van der Waals surface area contributed by atoms with Crippen LogP contribution in [0.2, 0.25) is 0 Å². The van der Waals surface area contributed by atoms with Crippen molar-refractivity contribution >= 4 is 5.91 Å². The lowest BCUT2D eigenvalue weighted by atomic mass is 10.0. The van der Waals surface area contributed by atoms with Gasteiger partial charge in [-0.2, -0.15) is 5.10 Å². The maximum Gasteiger partial charge on any atom is 0.255 e. The number of hydrogen-bond donors (Lipinski definition) is 1. The van der Waals surface area contributed by atoms with Gasteiger partial charge in [0.05, 0.1) is 17.3 Å². The minimum absolute atomic E-state index is 0.212. The first-order chi connectivity index (χ1) is 11.0. The minimum Gasteiger partial charge on any atom is -0.342 e. The number of nitrogens with one attached hydrogen (secondary N) is 1. The van der Waals surface area contributed by atoms with Gasteiger partial charge in [0.15, 0.2) is 0 Å². The van der Waals surface area contributed by atoms with E-state index in [1.165, 1.54) is 6.20 Å². The van der Waals surface area contributed by atoms with E-state index in [0.29, 0.717) is 18.4 Å². The molecule has 1 aliphatic carbocycles. The van der Waals surface area contributed by atoms with Gasteiger partial charge in [-0.15, -0.1) is 0 Å². The van der Waals surface area contributed by atoms with Gasteiger partial charge in [0.2, 0.25) is 0 Å². The first-order valence-electron chi connectivity index (χ1n) is 7.77. The normalized spacial score (nSPS) is 15.5. The number of amides is 1. The van der Waals surface area contributed by atoms with Crippen molar-refractivity contribution in [3.05, 3.63) is 52.9 Å². The number of benzene rings is 1. The Labute approximate surface area is 133 Å². The molecule has 122 valence electrons. The van der Waals surface area contributed by atoms with Crippen molar-refractivity contribution in [1.29, 1.82) is 0 Å². The Bertz CT molecular complexity index is 750. The average molecular weight is 319 g/mol. The fourth-order valence-electron chi connectivity index (χ4n) is 2.84. The molecular weight excluding hydrogens is 300 g/mol. The van der Waals surface area contributed by atoms with Crippen molar-refractivity contribution in [2.75, 3.05) is 0 Å². The number of hydrogen-bond acceptors (Lipinski definition) is 2. The van der Waals surface area contributed by atoms with E-state index in [1.807, 2.05) is 13.8 Å². The lowest BCUT2D eigenvalue weighted by molar-refractivity contribution is 0.0929. The first kappa shape index (κ1) is 15.6. The summed E-state index contributed by atoms with van der Waals surface area (Å²) in [5, 5.41) is 7.07. The molecule has 4 nitrogen and oxygen atoms in total. The van der Waals surface area contributed by atoms with Gasteiger partial charge in [-0.3, -0.25) is 9.48 Å². The van der Waals surface area contributed by atoms with E-state index in [9.17, 15) is 13.6 Å². The third kappa shape index (κ3) is 2.85. The van der Waals surface area contributed by atoms with Crippen LogP contribution in [0.25, 0.3) is 0 Å². The molecule has 0 bridgehead atoms. The SMILES string of the molecule is CCCn1ncc(C(=O)NC2(c3cc(F)ccc3F)CC2)c1C.